The fraction of sp³-hybridized carbons (Fsp3) is 0.345. The Bertz CT molecular complexity index is 1380. The second-order valence-corrected chi connectivity index (χ2v) is 9.99. The van der Waals surface area contributed by atoms with Gasteiger partial charge in [0.1, 0.15) is 17.3 Å². The summed E-state index contributed by atoms with van der Waals surface area (Å²) < 4.78 is 8.82. The number of nitrogens with one attached hydrogen (secondary N) is 2. The molecule has 2 heterocycles. The number of urea groups is 1. The number of hydrogen-bond acceptors (Lipinski definition) is 5. The molecule has 3 atom stereocenters. The van der Waals surface area contributed by atoms with Crippen molar-refractivity contribution in [2.75, 3.05) is 19.0 Å². The highest BCUT2D eigenvalue weighted by Crippen LogP contribution is 2.40. The van der Waals surface area contributed by atoms with E-state index in [2.05, 4.69) is 15.7 Å². The second kappa shape index (κ2) is 11.1. The molecule has 1 aliphatic carbocycles. The van der Waals surface area contributed by atoms with Crippen LogP contribution < -0.4 is 10.6 Å². The number of hydrogen-bond donors (Lipinski definition) is 3. The van der Waals surface area contributed by atoms with Crippen LogP contribution in [0.2, 0.25) is 0 Å². The summed E-state index contributed by atoms with van der Waals surface area (Å²) in [4.78, 5) is 13.5. The summed E-state index contributed by atoms with van der Waals surface area (Å²) in [5.74, 6) is 1.43. The summed E-state index contributed by atoms with van der Waals surface area (Å²) in [6, 6.07) is 16.7. The maximum Gasteiger partial charge on any atom is 0.320 e. The molecule has 2 amide bonds. The van der Waals surface area contributed by atoms with Gasteiger partial charge >= 0.3 is 6.03 Å². The lowest BCUT2D eigenvalue weighted by Crippen LogP contribution is -2.40. The van der Waals surface area contributed by atoms with E-state index in [1.807, 2.05) is 62.6 Å². The number of rotatable bonds is 8. The third-order valence-electron chi connectivity index (χ3n) is 7.36. The van der Waals surface area contributed by atoms with Gasteiger partial charge in [0.15, 0.2) is 0 Å². The summed E-state index contributed by atoms with van der Waals surface area (Å²) in [6.07, 6.45) is 6.44. The first-order chi connectivity index (χ1) is 18.4. The average molecular weight is 515 g/mol. The van der Waals surface area contributed by atoms with E-state index >= 15 is 0 Å². The molecule has 1 unspecified atom stereocenters. The van der Waals surface area contributed by atoms with Crippen molar-refractivity contribution in [2.45, 2.75) is 38.1 Å². The Morgan fingerprint density at radius 3 is 2.58 bits per heavy atom. The predicted octanol–water partition coefficient (Wildman–Crippen LogP) is 5.01. The molecule has 2 aromatic carbocycles. The molecule has 0 radical (unpaired) electrons. The molecule has 1 saturated carbocycles. The number of nitrogens with zero attached hydrogens (tertiary/aromatic N) is 4. The molecule has 9 nitrogen and oxygen atoms in total. The molecule has 0 bridgehead atoms. The van der Waals surface area contributed by atoms with Gasteiger partial charge in [0, 0.05) is 50.0 Å². The maximum absolute atomic E-state index is 13.5. The molecule has 1 aliphatic rings. The Labute approximate surface area is 222 Å². The van der Waals surface area contributed by atoms with Gasteiger partial charge in [0.25, 0.3) is 0 Å². The number of carbonyl (C=O) groups is 1. The molecule has 198 valence electrons. The van der Waals surface area contributed by atoms with Crippen molar-refractivity contribution in [2.24, 2.45) is 13.0 Å². The Kier molecular flexibility index (Phi) is 7.46. The van der Waals surface area contributed by atoms with Crippen LogP contribution >= 0.6 is 0 Å². The van der Waals surface area contributed by atoms with E-state index in [4.69, 9.17) is 9.84 Å². The quantitative estimate of drug-likeness (QED) is 0.307. The molecular formula is C29H34N6O3. The number of phenolic OH excluding ortho intramolecular Hbond substituents is 1. The molecule has 3 N–H and O–H groups in total. The molecular weight excluding hydrogens is 480 g/mol. The SMILES string of the molecule is COCCC1C[C@@H](NC(=O)Nc2c(C)c(-c3cnn(C)c3)nn2-c2ccccc2)[C@H](c2ccc(O)cc2)C1. The zero-order valence-corrected chi connectivity index (χ0v) is 22.0. The summed E-state index contributed by atoms with van der Waals surface area (Å²) in [5, 5.41) is 25.2. The first kappa shape index (κ1) is 25.5. The van der Waals surface area contributed by atoms with Gasteiger partial charge in [0.05, 0.1) is 11.9 Å². The van der Waals surface area contributed by atoms with E-state index in [-0.39, 0.29) is 23.7 Å². The van der Waals surface area contributed by atoms with Crippen LogP contribution in [0.15, 0.2) is 67.0 Å². The van der Waals surface area contributed by atoms with Gasteiger partial charge in [-0.2, -0.15) is 10.2 Å². The molecule has 2 aromatic heterocycles. The Balaban J connectivity index is 1.41. The van der Waals surface area contributed by atoms with Crippen LogP contribution in [-0.4, -0.2) is 50.5 Å². The Hall–Kier alpha value is -4.11. The largest absolute Gasteiger partial charge is 0.508 e. The monoisotopic (exact) mass is 514 g/mol. The van der Waals surface area contributed by atoms with E-state index in [0.717, 1.165) is 47.3 Å². The second-order valence-electron chi connectivity index (χ2n) is 9.99. The van der Waals surface area contributed by atoms with Gasteiger partial charge in [0.2, 0.25) is 0 Å². The van der Waals surface area contributed by atoms with Crippen LogP contribution in [0.5, 0.6) is 5.75 Å². The summed E-state index contributed by atoms with van der Waals surface area (Å²) in [5.41, 5.74) is 4.46. The van der Waals surface area contributed by atoms with Crippen molar-refractivity contribution < 1.29 is 14.6 Å². The minimum absolute atomic E-state index is 0.0485. The Morgan fingerprint density at radius 2 is 1.89 bits per heavy atom. The van der Waals surface area contributed by atoms with Crippen LogP contribution in [0.3, 0.4) is 0 Å². The number of methoxy groups -OCH3 is 1. The summed E-state index contributed by atoms with van der Waals surface area (Å²) in [6.45, 7) is 2.65. The highest BCUT2D eigenvalue weighted by atomic mass is 16.5. The minimum atomic E-state index is -0.274. The Morgan fingerprint density at radius 1 is 1.13 bits per heavy atom. The molecule has 9 heteroatoms. The van der Waals surface area contributed by atoms with E-state index < -0.39 is 0 Å². The maximum atomic E-state index is 13.5. The number of carbonyl (C=O) groups excluding carboxylic acids is 1. The third-order valence-corrected chi connectivity index (χ3v) is 7.36. The highest BCUT2D eigenvalue weighted by Gasteiger charge is 2.36. The number of benzene rings is 2. The zero-order chi connectivity index (χ0) is 26.6. The van der Waals surface area contributed by atoms with E-state index in [1.165, 1.54) is 0 Å². The minimum Gasteiger partial charge on any atom is -0.508 e. The molecule has 4 aromatic rings. The number of aromatic hydroxyl groups is 1. The van der Waals surface area contributed by atoms with Gasteiger partial charge in [-0.25, -0.2) is 9.48 Å². The topological polar surface area (TPSA) is 106 Å². The number of para-hydroxylation sites is 1. The van der Waals surface area contributed by atoms with Crippen molar-refractivity contribution >= 4 is 11.8 Å². The van der Waals surface area contributed by atoms with Crippen LogP contribution in [0.25, 0.3) is 16.9 Å². The molecule has 5 rings (SSSR count). The lowest BCUT2D eigenvalue weighted by Gasteiger charge is -2.22. The van der Waals surface area contributed by atoms with Crippen LogP contribution in [-0.2, 0) is 11.8 Å². The molecule has 0 spiro atoms. The van der Waals surface area contributed by atoms with Gasteiger partial charge in [-0.3, -0.25) is 10.00 Å². The fourth-order valence-electron chi connectivity index (χ4n) is 5.44. The summed E-state index contributed by atoms with van der Waals surface area (Å²) in [7, 11) is 3.58. The first-order valence-electron chi connectivity index (χ1n) is 12.9. The third kappa shape index (κ3) is 5.43. The summed E-state index contributed by atoms with van der Waals surface area (Å²) >= 11 is 0. The van der Waals surface area contributed by atoms with Gasteiger partial charge in [-0.05, 0) is 61.9 Å². The number of amides is 2. The van der Waals surface area contributed by atoms with Crippen LogP contribution in [0, 0.1) is 12.8 Å². The van der Waals surface area contributed by atoms with E-state index in [0.29, 0.717) is 18.3 Å². The molecule has 0 saturated heterocycles. The van der Waals surface area contributed by atoms with Gasteiger partial charge in [-0.1, -0.05) is 30.3 Å². The lowest BCUT2D eigenvalue weighted by molar-refractivity contribution is 0.177. The molecule has 0 aliphatic heterocycles. The normalized spacial score (nSPS) is 19.0. The van der Waals surface area contributed by atoms with Crippen molar-refractivity contribution in [3.8, 4) is 22.7 Å². The number of phenols is 1. The predicted molar refractivity (Wildman–Crippen MR) is 147 cm³/mol. The number of aryl methyl sites for hydroxylation is 1. The standard InChI is InChI=1S/C29H34N6O3/c1-19-27(22-17-30-34(2)18-22)33-35(23-7-5-4-6-8-23)28(19)32-29(37)31-26-16-20(13-14-38-3)15-25(26)21-9-11-24(36)12-10-21/h4-12,17-18,20,25-26,36H,13-16H2,1-3H3,(H2,31,32,37)/t20?,25-,26+/m0/s1. The number of ether oxygens (including phenoxy) is 1. The van der Waals surface area contributed by atoms with Gasteiger partial charge in [-0.15, -0.1) is 0 Å². The van der Waals surface area contributed by atoms with Gasteiger partial charge < -0.3 is 15.2 Å². The highest BCUT2D eigenvalue weighted by molar-refractivity contribution is 5.91. The number of anilines is 1. The van der Waals surface area contributed by atoms with Crippen molar-refractivity contribution in [3.05, 3.63) is 78.1 Å². The van der Waals surface area contributed by atoms with Crippen LogP contribution in [0.1, 0.15) is 36.3 Å². The lowest BCUT2D eigenvalue weighted by atomic mass is 9.93. The number of aromatic nitrogens is 4. The first-order valence-corrected chi connectivity index (χ1v) is 12.9. The van der Waals surface area contributed by atoms with Crippen molar-refractivity contribution in [3.63, 3.8) is 0 Å². The van der Waals surface area contributed by atoms with E-state index in [9.17, 15) is 9.90 Å². The van der Waals surface area contributed by atoms with Crippen molar-refractivity contribution in [1.29, 1.82) is 0 Å². The van der Waals surface area contributed by atoms with Crippen LogP contribution in [0.4, 0.5) is 10.6 Å². The zero-order valence-electron chi connectivity index (χ0n) is 22.0. The average Bonchev–Trinajstić information content (AvgIpc) is 3.61. The van der Waals surface area contributed by atoms with Crippen molar-refractivity contribution in [1.82, 2.24) is 24.9 Å². The van der Waals surface area contributed by atoms with E-state index in [1.54, 1.807) is 34.8 Å². The fourth-order valence-corrected chi connectivity index (χ4v) is 5.44. The molecule has 38 heavy (non-hydrogen) atoms. The molecule has 1 fully saturated rings. The smallest absolute Gasteiger partial charge is 0.320 e.